The maximum atomic E-state index is 13.3. The van der Waals surface area contributed by atoms with Gasteiger partial charge in [-0.05, 0) is 55.0 Å². The molecule has 1 aromatic heterocycles. The zero-order chi connectivity index (χ0) is 26.0. The van der Waals surface area contributed by atoms with Crippen molar-refractivity contribution in [2.75, 3.05) is 0 Å². The van der Waals surface area contributed by atoms with E-state index in [0.717, 1.165) is 16.8 Å². The number of hydrogen-bond acceptors (Lipinski definition) is 5. The molecule has 4 aromatic rings. The standard InChI is InChI=1S/C25H17ClF3N3O4/c1-14(24(34)35)36-21-10-9-15(11-19(21)26)13-30-32-22(16-5-4-6-17(12-16)25(27,28)29)31-20-8-3-2-7-18(20)23(32)33/h2-14H,1H3,(H,34,35)/t14-/m1/s1. The number of hydrogen-bond donors (Lipinski definition) is 1. The molecular weight excluding hydrogens is 499 g/mol. The van der Waals surface area contributed by atoms with Gasteiger partial charge in [0.1, 0.15) is 5.75 Å². The van der Waals surface area contributed by atoms with Crippen LogP contribution in [0.4, 0.5) is 13.2 Å². The number of carboxylic acids is 1. The first kappa shape index (κ1) is 24.9. The van der Waals surface area contributed by atoms with Gasteiger partial charge in [-0.1, -0.05) is 35.9 Å². The topological polar surface area (TPSA) is 93.8 Å². The Morgan fingerprint density at radius 3 is 2.58 bits per heavy atom. The van der Waals surface area contributed by atoms with E-state index in [-0.39, 0.29) is 27.5 Å². The van der Waals surface area contributed by atoms with E-state index in [0.29, 0.717) is 11.1 Å². The normalized spacial score (nSPS) is 12.7. The molecule has 0 saturated carbocycles. The van der Waals surface area contributed by atoms with Crippen molar-refractivity contribution in [1.29, 1.82) is 0 Å². The van der Waals surface area contributed by atoms with Crippen molar-refractivity contribution < 1.29 is 27.8 Å². The van der Waals surface area contributed by atoms with Crippen LogP contribution in [-0.2, 0) is 11.0 Å². The summed E-state index contributed by atoms with van der Waals surface area (Å²) in [4.78, 5) is 28.6. The Kier molecular flexibility index (Phi) is 6.80. The first-order valence-electron chi connectivity index (χ1n) is 10.5. The highest BCUT2D eigenvalue weighted by molar-refractivity contribution is 6.32. The molecule has 1 atom stereocenters. The second-order valence-electron chi connectivity index (χ2n) is 7.68. The lowest BCUT2D eigenvalue weighted by Gasteiger charge is -2.13. The molecule has 0 amide bonds. The van der Waals surface area contributed by atoms with Gasteiger partial charge in [0.15, 0.2) is 11.9 Å². The van der Waals surface area contributed by atoms with Gasteiger partial charge in [-0.2, -0.15) is 22.9 Å². The largest absolute Gasteiger partial charge is 0.479 e. The van der Waals surface area contributed by atoms with Gasteiger partial charge in [0.05, 0.1) is 27.7 Å². The number of fused-ring (bicyclic) bond motifs is 1. The van der Waals surface area contributed by atoms with Crippen molar-refractivity contribution in [1.82, 2.24) is 9.66 Å². The second kappa shape index (κ2) is 9.82. The molecule has 36 heavy (non-hydrogen) atoms. The van der Waals surface area contributed by atoms with Crippen molar-refractivity contribution in [2.24, 2.45) is 5.10 Å². The SMILES string of the molecule is C[C@@H](Oc1ccc(C=Nn2c(-c3cccc(C(F)(F)F)c3)nc3ccccc3c2=O)cc1Cl)C(=O)O. The summed E-state index contributed by atoms with van der Waals surface area (Å²) >= 11 is 6.19. The third-order valence-electron chi connectivity index (χ3n) is 5.13. The molecular formula is C25H17ClF3N3O4. The molecule has 11 heteroatoms. The summed E-state index contributed by atoms with van der Waals surface area (Å²) in [6.45, 7) is 1.35. The average Bonchev–Trinajstić information content (AvgIpc) is 2.84. The number of rotatable bonds is 6. The molecule has 184 valence electrons. The summed E-state index contributed by atoms with van der Waals surface area (Å²) < 4.78 is 46.1. The Balaban J connectivity index is 1.80. The first-order valence-corrected chi connectivity index (χ1v) is 10.8. The van der Waals surface area contributed by atoms with Crippen LogP contribution >= 0.6 is 11.6 Å². The molecule has 0 spiro atoms. The Bertz CT molecular complexity index is 1550. The van der Waals surface area contributed by atoms with Gasteiger partial charge in [0, 0.05) is 5.56 Å². The van der Waals surface area contributed by atoms with Gasteiger partial charge >= 0.3 is 12.1 Å². The van der Waals surface area contributed by atoms with Crippen molar-refractivity contribution in [3.05, 3.63) is 93.2 Å². The quantitative estimate of drug-likeness (QED) is 0.344. The van der Waals surface area contributed by atoms with E-state index in [1.807, 2.05) is 0 Å². The van der Waals surface area contributed by atoms with Crippen LogP contribution in [0, 0.1) is 0 Å². The number of ether oxygens (including phenoxy) is 1. The number of carbonyl (C=O) groups is 1. The third kappa shape index (κ3) is 5.23. The minimum Gasteiger partial charge on any atom is -0.479 e. The fraction of sp³-hybridized carbons (Fsp3) is 0.120. The average molecular weight is 516 g/mol. The van der Waals surface area contributed by atoms with E-state index < -0.39 is 29.4 Å². The summed E-state index contributed by atoms with van der Waals surface area (Å²) in [5.74, 6) is -1.11. The fourth-order valence-corrected chi connectivity index (χ4v) is 3.54. The summed E-state index contributed by atoms with van der Waals surface area (Å²) in [6, 6.07) is 15.3. The Labute approximate surface area is 207 Å². The van der Waals surface area contributed by atoms with E-state index in [9.17, 15) is 22.8 Å². The molecule has 0 aliphatic rings. The number of carboxylic acid groups (broad SMARTS) is 1. The lowest BCUT2D eigenvalue weighted by atomic mass is 10.1. The van der Waals surface area contributed by atoms with E-state index >= 15 is 0 Å². The van der Waals surface area contributed by atoms with E-state index in [1.54, 1.807) is 24.3 Å². The van der Waals surface area contributed by atoms with Gasteiger partial charge in [0.2, 0.25) is 0 Å². The van der Waals surface area contributed by atoms with Crippen LogP contribution in [0.3, 0.4) is 0 Å². The number of halogens is 4. The van der Waals surface area contributed by atoms with Crippen LogP contribution in [0.1, 0.15) is 18.1 Å². The van der Waals surface area contributed by atoms with Crippen molar-refractivity contribution in [3.8, 4) is 17.1 Å². The van der Waals surface area contributed by atoms with Crippen LogP contribution in [0.25, 0.3) is 22.3 Å². The molecule has 0 radical (unpaired) electrons. The van der Waals surface area contributed by atoms with E-state index in [1.165, 1.54) is 43.5 Å². The van der Waals surface area contributed by atoms with Crippen LogP contribution in [0.5, 0.6) is 5.75 Å². The van der Waals surface area contributed by atoms with Gasteiger partial charge in [-0.3, -0.25) is 4.79 Å². The second-order valence-corrected chi connectivity index (χ2v) is 8.09. The maximum Gasteiger partial charge on any atom is 0.416 e. The molecule has 0 saturated heterocycles. The lowest BCUT2D eigenvalue weighted by molar-refractivity contribution is -0.144. The minimum atomic E-state index is -4.58. The Hall–Kier alpha value is -4.18. The monoisotopic (exact) mass is 515 g/mol. The predicted molar refractivity (Wildman–Crippen MR) is 129 cm³/mol. The van der Waals surface area contributed by atoms with Crippen molar-refractivity contribution in [2.45, 2.75) is 19.2 Å². The van der Waals surface area contributed by atoms with E-state index in [4.69, 9.17) is 21.4 Å². The molecule has 0 unspecified atom stereocenters. The fourth-order valence-electron chi connectivity index (χ4n) is 3.31. The highest BCUT2D eigenvalue weighted by Gasteiger charge is 2.31. The van der Waals surface area contributed by atoms with E-state index in [2.05, 4.69) is 10.1 Å². The third-order valence-corrected chi connectivity index (χ3v) is 5.43. The number of nitrogens with zero attached hydrogens (tertiary/aromatic N) is 3. The lowest BCUT2D eigenvalue weighted by Crippen LogP contribution is -2.23. The molecule has 1 N–H and O–H groups in total. The molecule has 7 nitrogen and oxygen atoms in total. The van der Waals surface area contributed by atoms with Crippen LogP contribution in [-0.4, -0.2) is 33.1 Å². The summed E-state index contributed by atoms with van der Waals surface area (Å²) in [5, 5.41) is 13.5. The van der Waals surface area contributed by atoms with Gasteiger partial charge < -0.3 is 9.84 Å². The maximum absolute atomic E-state index is 13.3. The first-order chi connectivity index (χ1) is 17.0. The highest BCUT2D eigenvalue weighted by Crippen LogP contribution is 2.32. The molecule has 3 aromatic carbocycles. The highest BCUT2D eigenvalue weighted by atomic mass is 35.5. The van der Waals surface area contributed by atoms with Crippen molar-refractivity contribution >= 4 is 34.7 Å². The molecule has 1 heterocycles. The zero-order valence-corrected chi connectivity index (χ0v) is 19.3. The zero-order valence-electron chi connectivity index (χ0n) is 18.5. The number of aromatic nitrogens is 2. The van der Waals surface area contributed by atoms with Crippen LogP contribution < -0.4 is 10.3 Å². The van der Waals surface area contributed by atoms with Crippen molar-refractivity contribution in [3.63, 3.8) is 0 Å². The summed E-state index contributed by atoms with van der Waals surface area (Å²) in [5.41, 5.74) is -0.695. The molecule has 0 aliphatic carbocycles. The predicted octanol–water partition coefficient (Wildman–Crippen LogP) is 5.47. The Morgan fingerprint density at radius 1 is 1.14 bits per heavy atom. The minimum absolute atomic E-state index is 0.0502. The van der Waals surface area contributed by atoms with Crippen LogP contribution in [0.2, 0.25) is 5.02 Å². The van der Waals surface area contributed by atoms with Crippen LogP contribution in [0.15, 0.2) is 76.6 Å². The van der Waals surface area contributed by atoms with Gasteiger partial charge in [-0.25, -0.2) is 9.78 Å². The smallest absolute Gasteiger partial charge is 0.416 e. The Morgan fingerprint density at radius 2 is 1.89 bits per heavy atom. The summed E-state index contributed by atoms with van der Waals surface area (Å²) in [6.07, 6.45) is -4.43. The molecule has 0 aliphatic heterocycles. The van der Waals surface area contributed by atoms with Gasteiger partial charge in [-0.15, -0.1) is 0 Å². The molecule has 0 fully saturated rings. The van der Waals surface area contributed by atoms with Gasteiger partial charge in [0.25, 0.3) is 5.56 Å². The summed E-state index contributed by atoms with van der Waals surface area (Å²) in [7, 11) is 0. The number of benzene rings is 3. The number of alkyl halides is 3. The molecule has 0 bridgehead atoms. The number of para-hydroxylation sites is 1. The number of aliphatic carboxylic acids is 1. The molecule has 4 rings (SSSR count).